The summed E-state index contributed by atoms with van der Waals surface area (Å²) in [6.45, 7) is 8.20. The second-order valence-corrected chi connectivity index (χ2v) is 9.49. The molecule has 1 atom stereocenters. The highest BCUT2D eigenvalue weighted by molar-refractivity contribution is 7.80. The Morgan fingerprint density at radius 2 is 1.73 bits per heavy atom. The maximum atomic E-state index is 5.68. The van der Waals surface area contributed by atoms with Crippen molar-refractivity contribution in [3.05, 3.63) is 29.8 Å². The maximum Gasteiger partial charge on any atom is 0.232 e. The molecule has 2 N–H and O–H groups in total. The molecule has 3 aliphatic rings. The summed E-state index contributed by atoms with van der Waals surface area (Å²) >= 11 is 5.57. The van der Waals surface area contributed by atoms with E-state index in [1.54, 1.807) is 0 Å². The molecule has 8 nitrogen and oxygen atoms in total. The highest BCUT2D eigenvalue weighted by Crippen LogP contribution is 2.31. The Kier molecular flexibility index (Phi) is 6.66. The SMILES string of the molecule is C[C@@H]1CCCN(c2cc(N3CCCC3)nc(NC(=S)NCc3ccc4c(c3)OCCO4)n2)C1. The van der Waals surface area contributed by atoms with E-state index in [9.17, 15) is 0 Å². The Morgan fingerprint density at radius 1 is 1.00 bits per heavy atom. The number of hydrogen-bond donors (Lipinski definition) is 2. The summed E-state index contributed by atoms with van der Waals surface area (Å²) < 4.78 is 11.3. The lowest BCUT2D eigenvalue weighted by Gasteiger charge is -2.32. The van der Waals surface area contributed by atoms with Crippen molar-refractivity contribution in [2.24, 2.45) is 5.92 Å². The van der Waals surface area contributed by atoms with Gasteiger partial charge in [0.25, 0.3) is 0 Å². The van der Waals surface area contributed by atoms with Gasteiger partial charge in [0.1, 0.15) is 24.8 Å². The molecule has 2 saturated heterocycles. The molecule has 0 saturated carbocycles. The molecule has 0 unspecified atom stereocenters. The molecule has 3 aliphatic heterocycles. The van der Waals surface area contributed by atoms with Crippen LogP contribution in [0.25, 0.3) is 0 Å². The highest BCUT2D eigenvalue weighted by atomic mass is 32.1. The number of aromatic nitrogens is 2. The molecule has 176 valence electrons. The summed E-state index contributed by atoms with van der Waals surface area (Å²) in [4.78, 5) is 14.3. The van der Waals surface area contributed by atoms with E-state index in [1.165, 1.54) is 25.7 Å². The van der Waals surface area contributed by atoms with E-state index in [-0.39, 0.29) is 0 Å². The third-order valence-electron chi connectivity index (χ3n) is 6.40. The average molecular weight is 469 g/mol. The van der Waals surface area contributed by atoms with Gasteiger partial charge in [-0.1, -0.05) is 13.0 Å². The summed E-state index contributed by atoms with van der Waals surface area (Å²) in [7, 11) is 0. The molecule has 2 aromatic rings. The van der Waals surface area contributed by atoms with Crippen LogP contribution < -0.4 is 29.9 Å². The topological polar surface area (TPSA) is 74.8 Å². The van der Waals surface area contributed by atoms with Crippen LogP contribution in [0.2, 0.25) is 0 Å². The van der Waals surface area contributed by atoms with Crippen molar-refractivity contribution in [2.45, 2.75) is 39.2 Å². The van der Waals surface area contributed by atoms with E-state index in [1.807, 2.05) is 18.2 Å². The van der Waals surface area contributed by atoms with Crippen LogP contribution in [0, 0.1) is 5.92 Å². The summed E-state index contributed by atoms with van der Waals surface area (Å²) in [6, 6.07) is 8.09. The monoisotopic (exact) mass is 468 g/mol. The van der Waals surface area contributed by atoms with Crippen LogP contribution in [-0.4, -0.2) is 54.5 Å². The van der Waals surface area contributed by atoms with E-state index in [4.69, 9.17) is 31.7 Å². The zero-order chi connectivity index (χ0) is 22.6. The minimum absolute atomic E-state index is 0.501. The first-order valence-corrected chi connectivity index (χ1v) is 12.4. The second kappa shape index (κ2) is 9.99. The number of piperidine rings is 1. The number of benzene rings is 1. The van der Waals surface area contributed by atoms with Crippen molar-refractivity contribution in [1.82, 2.24) is 15.3 Å². The van der Waals surface area contributed by atoms with Crippen molar-refractivity contribution in [1.29, 1.82) is 0 Å². The van der Waals surface area contributed by atoms with Gasteiger partial charge in [0.05, 0.1) is 0 Å². The van der Waals surface area contributed by atoms with Crippen molar-refractivity contribution in [3.63, 3.8) is 0 Å². The van der Waals surface area contributed by atoms with Gasteiger partial charge in [-0.2, -0.15) is 9.97 Å². The number of thiocarbonyl (C=S) groups is 1. The summed E-state index contributed by atoms with van der Waals surface area (Å²) in [5.41, 5.74) is 1.07. The molecule has 33 heavy (non-hydrogen) atoms. The predicted octanol–water partition coefficient (Wildman–Crippen LogP) is 3.57. The first-order valence-electron chi connectivity index (χ1n) is 12.0. The van der Waals surface area contributed by atoms with E-state index in [2.05, 4.69) is 33.4 Å². The minimum atomic E-state index is 0.501. The van der Waals surface area contributed by atoms with Crippen molar-refractivity contribution >= 4 is 34.9 Å². The first kappa shape index (κ1) is 22.0. The molecular weight excluding hydrogens is 436 g/mol. The lowest BCUT2D eigenvalue weighted by Crippen LogP contribution is -2.35. The van der Waals surface area contributed by atoms with Crippen LogP contribution in [0.4, 0.5) is 17.6 Å². The van der Waals surface area contributed by atoms with Crippen LogP contribution >= 0.6 is 12.2 Å². The zero-order valence-electron chi connectivity index (χ0n) is 19.2. The largest absolute Gasteiger partial charge is 0.486 e. The molecule has 0 aliphatic carbocycles. The van der Waals surface area contributed by atoms with Crippen LogP contribution in [0.1, 0.15) is 38.2 Å². The molecule has 2 fully saturated rings. The molecule has 1 aromatic carbocycles. The molecule has 4 heterocycles. The van der Waals surface area contributed by atoms with Gasteiger partial charge in [-0.25, -0.2) is 0 Å². The quantitative estimate of drug-likeness (QED) is 0.641. The Labute approximate surface area is 200 Å². The molecule has 5 rings (SSSR count). The fraction of sp³-hybridized carbons (Fsp3) is 0.542. The van der Waals surface area contributed by atoms with Crippen molar-refractivity contribution in [2.75, 3.05) is 54.5 Å². The number of nitrogens with one attached hydrogen (secondary N) is 2. The molecule has 0 radical (unpaired) electrons. The van der Waals surface area contributed by atoms with Gasteiger partial charge in [-0.3, -0.25) is 0 Å². The molecule has 0 spiro atoms. The lowest BCUT2D eigenvalue weighted by atomic mass is 10.0. The Balaban J connectivity index is 1.27. The van der Waals surface area contributed by atoms with Gasteiger partial charge in [0.15, 0.2) is 16.6 Å². The second-order valence-electron chi connectivity index (χ2n) is 9.08. The molecule has 0 amide bonds. The number of fused-ring (bicyclic) bond motifs is 1. The predicted molar refractivity (Wildman–Crippen MR) is 135 cm³/mol. The van der Waals surface area contributed by atoms with Gasteiger partial charge < -0.3 is 29.9 Å². The third kappa shape index (κ3) is 5.40. The Hall–Kier alpha value is -2.81. The number of rotatable bonds is 5. The van der Waals surface area contributed by atoms with E-state index < -0.39 is 0 Å². The summed E-state index contributed by atoms with van der Waals surface area (Å²) in [5.74, 6) is 4.75. The van der Waals surface area contributed by atoms with Crippen LogP contribution in [0.5, 0.6) is 11.5 Å². The van der Waals surface area contributed by atoms with Gasteiger partial charge in [-0.05, 0) is 61.5 Å². The fourth-order valence-corrected chi connectivity index (χ4v) is 4.83. The highest BCUT2D eigenvalue weighted by Gasteiger charge is 2.22. The third-order valence-corrected chi connectivity index (χ3v) is 6.64. The fourth-order valence-electron chi connectivity index (χ4n) is 4.67. The Morgan fingerprint density at radius 3 is 2.52 bits per heavy atom. The van der Waals surface area contributed by atoms with Crippen molar-refractivity contribution < 1.29 is 9.47 Å². The summed E-state index contributed by atoms with van der Waals surface area (Å²) in [6.07, 6.45) is 4.89. The number of nitrogens with zero attached hydrogens (tertiary/aromatic N) is 4. The van der Waals surface area contributed by atoms with Gasteiger partial charge in [0.2, 0.25) is 5.95 Å². The van der Waals surface area contributed by atoms with E-state index in [0.29, 0.717) is 36.7 Å². The first-order chi connectivity index (χ1) is 16.1. The van der Waals surface area contributed by atoms with Crippen molar-refractivity contribution in [3.8, 4) is 11.5 Å². The standard InChI is InChI=1S/C24H32N6O2S/c1-17-5-4-10-30(16-17)22-14-21(29-8-2-3-9-29)26-23(27-22)28-24(33)25-15-18-6-7-19-20(13-18)32-12-11-31-19/h6-7,13-14,17H,2-5,8-12,15-16H2,1H3,(H2,25,26,27,28,33)/t17-/m1/s1. The smallest absolute Gasteiger partial charge is 0.232 e. The molecule has 0 bridgehead atoms. The average Bonchev–Trinajstić information content (AvgIpc) is 3.38. The van der Waals surface area contributed by atoms with Gasteiger partial charge >= 0.3 is 0 Å². The van der Waals surface area contributed by atoms with E-state index >= 15 is 0 Å². The van der Waals surface area contributed by atoms with Crippen LogP contribution in [0.15, 0.2) is 24.3 Å². The molecule has 9 heteroatoms. The van der Waals surface area contributed by atoms with E-state index in [0.717, 1.165) is 54.9 Å². The van der Waals surface area contributed by atoms with Gasteiger partial charge in [-0.15, -0.1) is 0 Å². The van der Waals surface area contributed by atoms with Gasteiger partial charge in [0, 0.05) is 38.8 Å². The number of ether oxygens (including phenoxy) is 2. The Bertz CT molecular complexity index is 997. The van der Waals surface area contributed by atoms with Crippen LogP contribution in [-0.2, 0) is 6.54 Å². The minimum Gasteiger partial charge on any atom is -0.486 e. The summed E-state index contributed by atoms with van der Waals surface area (Å²) in [5, 5.41) is 6.99. The zero-order valence-corrected chi connectivity index (χ0v) is 20.0. The molecule has 1 aromatic heterocycles. The number of anilines is 3. The maximum absolute atomic E-state index is 5.68. The van der Waals surface area contributed by atoms with Crippen LogP contribution in [0.3, 0.4) is 0 Å². The molecular formula is C24H32N6O2S. The normalized spacial score (nSPS) is 20.0. The lowest BCUT2D eigenvalue weighted by molar-refractivity contribution is 0.171. The number of hydrogen-bond acceptors (Lipinski definition) is 7.